The second kappa shape index (κ2) is 5.23. The lowest BCUT2D eigenvalue weighted by Crippen LogP contribution is -2.43. The maximum Gasteiger partial charge on any atom is 0.262 e. The highest BCUT2D eigenvalue weighted by Gasteiger charge is 2.32. The maximum absolute atomic E-state index is 12.7. The molecule has 3 heterocycles. The van der Waals surface area contributed by atoms with Crippen LogP contribution in [0.25, 0.3) is 11.2 Å². The van der Waals surface area contributed by atoms with Crippen LogP contribution < -0.4 is 4.90 Å². The van der Waals surface area contributed by atoms with Crippen molar-refractivity contribution in [3.05, 3.63) is 54.5 Å². The summed E-state index contributed by atoms with van der Waals surface area (Å²) >= 11 is 0. The molecule has 6 nitrogen and oxygen atoms in total. The van der Waals surface area contributed by atoms with Gasteiger partial charge in [-0.1, -0.05) is 18.2 Å². The SMILES string of the molecule is O=C1C(c2ccc3[nH]cnc3n2)OCCN1c1ccccc1. The summed E-state index contributed by atoms with van der Waals surface area (Å²) in [4.78, 5) is 26.0. The number of nitrogens with one attached hydrogen (secondary N) is 1. The minimum Gasteiger partial charge on any atom is -0.360 e. The van der Waals surface area contributed by atoms with Crippen LogP contribution in [0.4, 0.5) is 5.69 Å². The summed E-state index contributed by atoms with van der Waals surface area (Å²) in [7, 11) is 0. The summed E-state index contributed by atoms with van der Waals surface area (Å²) in [6.45, 7) is 1.02. The molecule has 22 heavy (non-hydrogen) atoms. The number of hydrogen-bond acceptors (Lipinski definition) is 4. The van der Waals surface area contributed by atoms with Crippen molar-refractivity contribution in [2.75, 3.05) is 18.1 Å². The van der Waals surface area contributed by atoms with E-state index >= 15 is 0 Å². The highest BCUT2D eigenvalue weighted by Crippen LogP contribution is 2.27. The fourth-order valence-electron chi connectivity index (χ4n) is 2.64. The highest BCUT2D eigenvalue weighted by atomic mass is 16.5. The minimum absolute atomic E-state index is 0.0974. The molecule has 0 aliphatic carbocycles. The molecule has 110 valence electrons. The van der Waals surface area contributed by atoms with Gasteiger partial charge in [0.25, 0.3) is 5.91 Å². The van der Waals surface area contributed by atoms with Crippen molar-refractivity contribution in [3.63, 3.8) is 0 Å². The molecule has 0 saturated carbocycles. The van der Waals surface area contributed by atoms with E-state index < -0.39 is 6.10 Å². The van der Waals surface area contributed by atoms with Crippen molar-refractivity contribution in [3.8, 4) is 0 Å². The summed E-state index contributed by atoms with van der Waals surface area (Å²) < 4.78 is 5.66. The van der Waals surface area contributed by atoms with E-state index in [4.69, 9.17) is 4.74 Å². The molecule has 4 rings (SSSR count). The zero-order chi connectivity index (χ0) is 14.9. The molecule has 1 unspecified atom stereocenters. The molecule has 1 atom stereocenters. The van der Waals surface area contributed by atoms with Crippen LogP contribution in [0.2, 0.25) is 0 Å². The van der Waals surface area contributed by atoms with Crippen molar-refractivity contribution in [1.82, 2.24) is 15.0 Å². The van der Waals surface area contributed by atoms with Crippen molar-refractivity contribution < 1.29 is 9.53 Å². The third-order valence-electron chi connectivity index (χ3n) is 3.73. The van der Waals surface area contributed by atoms with Gasteiger partial charge in [0.2, 0.25) is 0 Å². The number of imidazole rings is 1. The van der Waals surface area contributed by atoms with Crippen LogP contribution in [0.1, 0.15) is 11.8 Å². The van der Waals surface area contributed by atoms with Gasteiger partial charge in [-0.25, -0.2) is 9.97 Å². The summed E-state index contributed by atoms with van der Waals surface area (Å²) in [5, 5.41) is 0. The molecule has 0 bridgehead atoms. The number of rotatable bonds is 2. The molecule has 1 aromatic carbocycles. The maximum atomic E-state index is 12.7. The number of amides is 1. The Bertz CT molecular complexity index is 815. The van der Waals surface area contributed by atoms with E-state index in [2.05, 4.69) is 15.0 Å². The monoisotopic (exact) mass is 294 g/mol. The smallest absolute Gasteiger partial charge is 0.262 e. The zero-order valence-electron chi connectivity index (χ0n) is 11.8. The van der Waals surface area contributed by atoms with Crippen LogP contribution in [-0.2, 0) is 9.53 Å². The zero-order valence-corrected chi connectivity index (χ0v) is 11.8. The number of aromatic amines is 1. The lowest BCUT2D eigenvalue weighted by Gasteiger charge is -2.32. The van der Waals surface area contributed by atoms with Gasteiger partial charge in [-0.15, -0.1) is 0 Å². The summed E-state index contributed by atoms with van der Waals surface area (Å²) in [6.07, 6.45) is 0.899. The number of morpholine rings is 1. The lowest BCUT2D eigenvalue weighted by atomic mass is 10.1. The molecular weight excluding hydrogens is 280 g/mol. The first kappa shape index (κ1) is 13.0. The Kier molecular flexibility index (Phi) is 3.08. The number of anilines is 1. The fraction of sp³-hybridized carbons (Fsp3) is 0.188. The molecule has 1 saturated heterocycles. The molecular formula is C16H14N4O2. The Morgan fingerprint density at radius 2 is 2.05 bits per heavy atom. The number of carbonyl (C=O) groups excluding carboxylic acids is 1. The van der Waals surface area contributed by atoms with Crippen molar-refractivity contribution >= 4 is 22.8 Å². The van der Waals surface area contributed by atoms with Gasteiger partial charge in [-0.05, 0) is 24.3 Å². The summed E-state index contributed by atoms with van der Waals surface area (Å²) in [5.41, 5.74) is 2.89. The van der Waals surface area contributed by atoms with Crippen LogP contribution >= 0.6 is 0 Å². The molecule has 0 radical (unpaired) electrons. The fourth-order valence-corrected chi connectivity index (χ4v) is 2.64. The van der Waals surface area contributed by atoms with Gasteiger partial charge >= 0.3 is 0 Å². The van der Waals surface area contributed by atoms with Crippen molar-refractivity contribution in [1.29, 1.82) is 0 Å². The van der Waals surface area contributed by atoms with E-state index in [-0.39, 0.29) is 5.91 Å². The predicted molar refractivity (Wildman–Crippen MR) is 81.4 cm³/mol. The van der Waals surface area contributed by atoms with E-state index in [0.29, 0.717) is 24.5 Å². The number of nitrogens with zero attached hydrogens (tertiary/aromatic N) is 3. The van der Waals surface area contributed by atoms with Crippen LogP contribution in [0, 0.1) is 0 Å². The lowest BCUT2D eigenvalue weighted by molar-refractivity contribution is -0.134. The molecule has 2 aromatic heterocycles. The quantitative estimate of drug-likeness (QED) is 0.785. The summed E-state index contributed by atoms with van der Waals surface area (Å²) in [5.74, 6) is -0.0974. The standard InChI is InChI=1S/C16H14N4O2/c21-16-14(12-6-7-13-15(19-12)18-10-17-13)22-9-8-20(16)11-4-2-1-3-5-11/h1-7,10,14H,8-9H2,(H,17,18,19). The topological polar surface area (TPSA) is 71.1 Å². The first-order valence-corrected chi connectivity index (χ1v) is 7.11. The molecule has 0 spiro atoms. The Balaban J connectivity index is 1.68. The van der Waals surface area contributed by atoms with Gasteiger partial charge in [0.15, 0.2) is 11.8 Å². The van der Waals surface area contributed by atoms with Crippen molar-refractivity contribution in [2.45, 2.75) is 6.10 Å². The Morgan fingerprint density at radius 3 is 2.91 bits per heavy atom. The number of benzene rings is 1. The number of para-hydroxylation sites is 1. The molecule has 1 aliphatic rings. The normalized spacial score (nSPS) is 18.8. The molecule has 1 fully saturated rings. The van der Waals surface area contributed by atoms with Crippen LogP contribution in [0.15, 0.2) is 48.8 Å². The number of pyridine rings is 1. The van der Waals surface area contributed by atoms with Crippen LogP contribution in [0.3, 0.4) is 0 Å². The average molecular weight is 294 g/mol. The van der Waals surface area contributed by atoms with Crippen LogP contribution in [-0.4, -0.2) is 34.0 Å². The van der Waals surface area contributed by atoms with Gasteiger partial charge in [0.05, 0.1) is 24.1 Å². The van der Waals surface area contributed by atoms with Gasteiger partial charge in [-0.2, -0.15) is 0 Å². The average Bonchev–Trinajstić information content (AvgIpc) is 3.03. The van der Waals surface area contributed by atoms with Gasteiger partial charge in [0, 0.05) is 12.2 Å². The third kappa shape index (κ3) is 2.14. The minimum atomic E-state index is -0.685. The second-order valence-corrected chi connectivity index (χ2v) is 5.09. The van der Waals surface area contributed by atoms with E-state index in [1.54, 1.807) is 17.3 Å². The first-order chi connectivity index (χ1) is 10.8. The number of hydrogen-bond donors (Lipinski definition) is 1. The largest absolute Gasteiger partial charge is 0.360 e. The number of fused-ring (bicyclic) bond motifs is 1. The Morgan fingerprint density at radius 1 is 1.18 bits per heavy atom. The van der Waals surface area contributed by atoms with Crippen molar-refractivity contribution in [2.24, 2.45) is 0 Å². The first-order valence-electron chi connectivity index (χ1n) is 7.11. The van der Waals surface area contributed by atoms with E-state index in [9.17, 15) is 4.79 Å². The molecule has 1 aliphatic heterocycles. The Hall–Kier alpha value is -2.73. The Labute approximate surface area is 126 Å². The van der Waals surface area contributed by atoms with E-state index in [1.807, 2.05) is 36.4 Å². The molecule has 1 amide bonds. The number of carbonyl (C=O) groups is 1. The van der Waals surface area contributed by atoms with E-state index in [1.165, 1.54) is 0 Å². The highest BCUT2D eigenvalue weighted by molar-refractivity contribution is 5.97. The number of ether oxygens (including phenoxy) is 1. The number of aromatic nitrogens is 3. The van der Waals surface area contributed by atoms with Gasteiger partial charge in [0.1, 0.15) is 0 Å². The third-order valence-corrected chi connectivity index (χ3v) is 3.73. The van der Waals surface area contributed by atoms with Crippen LogP contribution in [0.5, 0.6) is 0 Å². The molecule has 6 heteroatoms. The second-order valence-electron chi connectivity index (χ2n) is 5.09. The molecule has 1 N–H and O–H groups in total. The van der Waals surface area contributed by atoms with Gasteiger partial charge < -0.3 is 14.6 Å². The van der Waals surface area contributed by atoms with Gasteiger partial charge in [-0.3, -0.25) is 4.79 Å². The molecule has 3 aromatic rings. The van der Waals surface area contributed by atoms with E-state index in [0.717, 1.165) is 11.2 Å². The summed E-state index contributed by atoms with van der Waals surface area (Å²) in [6, 6.07) is 13.3. The number of H-pyrrole nitrogens is 1. The predicted octanol–water partition coefficient (Wildman–Crippen LogP) is 2.06.